The minimum atomic E-state index is 0.491. The molecular weight excluding hydrogens is 482 g/mol. The van der Waals surface area contributed by atoms with Gasteiger partial charge in [0.1, 0.15) is 11.5 Å². The summed E-state index contributed by atoms with van der Waals surface area (Å²) in [7, 11) is 1.78. The summed E-state index contributed by atoms with van der Waals surface area (Å²) in [5, 5.41) is 3.76. The van der Waals surface area contributed by atoms with E-state index in [9.17, 15) is 0 Å². The highest BCUT2D eigenvalue weighted by Crippen LogP contribution is 2.42. The number of hydrogen-bond acceptors (Lipinski definition) is 5. The molecule has 0 radical (unpaired) electrons. The molecular formula is C34H45N3O2. The number of unbranched alkanes of at least 4 members (excludes halogenated alkanes) is 1. The Morgan fingerprint density at radius 1 is 0.974 bits per heavy atom. The highest BCUT2D eigenvalue weighted by Gasteiger charge is 2.24. The molecule has 1 aliphatic carbocycles. The molecule has 2 fully saturated rings. The maximum atomic E-state index is 6.02. The van der Waals surface area contributed by atoms with Gasteiger partial charge in [-0.1, -0.05) is 25.8 Å². The fraction of sp³-hybridized carbons (Fsp3) is 0.500. The van der Waals surface area contributed by atoms with Crippen molar-refractivity contribution in [3.8, 4) is 22.8 Å². The van der Waals surface area contributed by atoms with Crippen LogP contribution in [0.3, 0.4) is 0 Å². The molecule has 1 aliphatic heterocycles. The number of aryl methyl sites for hydroxylation is 1. The standard InChI is InChI=1S/C34H45N3O2/c1-5-6-18-39-33-22-30(11-10-24(33)2)36-29-13-16-37(17-14-29)23-26-12-15-35-32(19-26)28-20-31(27-8-7-9-27)25(3)34(21-28)38-4/h10-12,15,19-22,27,29,36H,5-9,13-14,16-18,23H2,1-4H3. The molecule has 0 spiro atoms. The number of pyridine rings is 1. The van der Waals surface area contributed by atoms with Crippen LogP contribution >= 0.6 is 0 Å². The van der Waals surface area contributed by atoms with E-state index >= 15 is 0 Å². The van der Waals surface area contributed by atoms with E-state index in [2.05, 4.69) is 73.5 Å². The highest BCUT2D eigenvalue weighted by molar-refractivity contribution is 5.65. The van der Waals surface area contributed by atoms with Crippen LogP contribution in [0.5, 0.6) is 11.5 Å². The second-order valence-electron chi connectivity index (χ2n) is 11.4. The van der Waals surface area contributed by atoms with E-state index in [1.807, 2.05) is 6.20 Å². The maximum Gasteiger partial charge on any atom is 0.124 e. The molecule has 208 valence electrons. The third-order valence-electron chi connectivity index (χ3n) is 8.59. The van der Waals surface area contributed by atoms with Crippen LogP contribution in [0.25, 0.3) is 11.3 Å². The number of piperidine rings is 1. The summed E-state index contributed by atoms with van der Waals surface area (Å²) in [6.07, 6.45) is 10.4. The van der Waals surface area contributed by atoms with E-state index < -0.39 is 0 Å². The van der Waals surface area contributed by atoms with Crippen molar-refractivity contribution in [2.45, 2.75) is 84.2 Å². The van der Waals surface area contributed by atoms with E-state index in [4.69, 9.17) is 14.5 Å². The Labute approximate surface area is 234 Å². The van der Waals surface area contributed by atoms with Gasteiger partial charge in [0.05, 0.1) is 19.4 Å². The number of benzene rings is 2. The maximum absolute atomic E-state index is 6.02. The zero-order valence-electron chi connectivity index (χ0n) is 24.3. The van der Waals surface area contributed by atoms with Crippen LogP contribution in [0.4, 0.5) is 5.69 Å². The molecule has 0 atom stereocenters. The highest BCUT2D eigenvalue weighted by atomic mass is 16.5. The number of likely N-dealkylation sites (tertiary alicyclic amines) is 1. The predicted octanol–water partition coefficient (Wildman–Crippen LogP) is 7.90. The molecule has 5 heteroatoms. The second-order valence-corrected chi connectivity index (χ2v) is 11.4. The van der Waals surface area contributed by atoms with E-state index in [0.717, 1.165) is 69.1 Å². The summed E-state index contributed by atoms with van der Waals surface area (Å²) < 4.78 is 11.8. The largest absolute Gasteiger partial charge is 0.496 e. The van der Waals surface area contributed by atoms with Crippen molar-refractivity contribution in [3.63, 3.8) is 0 Å². The number of rotatable bonds is 11. The summed E-state index contributed by atoms with van der Waals surface area (Å²) in [4.78, 5) is 7.32. The van der Waals surface area contributed by atoms with Crippen LogP contribution in [-0.4, -0.2) is 42.7 Å². The van der Waals surface area contributed by atoms with Crippen LogP contribution in [0.1, 0.15) is 80.0 Å². The molecule has 2 heterocycles. The first kappa shape index (κ1) is 27.5. The van der Waals surface area contributed by atoms with Gasteiger partial charge in [-0.05, 0) is 104 Å². The Kier molecular flexibility index (Phi) is 9.08. The van der Waals surface area contributed by atoms with Gasteiger partial charge in [-0.2, -0.15) is 0 Å². The van der Waals surface area contributed by atoms with Gasteiger partial charge < -0.3 is 14.8 Å². The van der Waals surface area contributed by atoms with Crippen molar-refractivity contribution in [1.82, 2.24) is 9.88 Å². The Bertz CT molecular complexity index is 1250. The number of nitrogens with one attached hydrogen (secondary N) is 1. The Hall–Kier alpha value is -3.05. The Balaban J connectivity index is 1.19. The average molecular weight is 528 g/mol. The van der Waals surface area contributed by atoms with Crippen molar-refractivity contribution >= 4 is 5.69 Å². The lowest BCUT2D eigenvalue weighted by Crippen LogP contribution is -2.38. The monoisotopic (exact) mass is 527 g/mol. The molecule has 5 nitrogen and oxygen atoms in total. The Morgan fingerprint density at radius 2 is 1.79 bits per heavy atom. The normalized spacial score (nSPS) is 16.6. The molecule has 0 amide bonds. The Morgan fingerprint density at radius 3 is 2.51 bits per heavy atom. The third kappa shape index (κ3) is 6.75. The lowest BCUT2D eigenvalue weighted by molar-refractivity contribution is 0.211. The molecule has 5 rings (SSSR count). The molecule has 0 unspecified atom stereocenters. The van der Waals surface area contributed by atoms with Gasteiger partial charge in [0.25, 0.3) is 0 Å². The summed E-state index contributed by atoms with van der Waals surface area (Å²) in [5.74, 6) is 2.65. The molecule has 1 saturated carbocycles. The SMILES string of the molecule is CCCCOc1cc(NC2CCN(Cc3ccnc(-c4cc(OC)c(C)c(C5CCC5)c4)c3)CC2)ccc1C. The van der Waals surface area contributed by atoms with Gasteiger partial charge in [-0.3, -0.25) is 9.88 Å². The summed E-state index contributed by atoms with van der Waals surface area (Å²) >= 11 is 0. The van der Waals surface area contributed by atoms with E-state index in [1.165, 1.54) is 52.8 Å². The van der Waals surface area contributed by atoms with Gasteiger partial charge in [0.15, 0.2) is 0 Å². The van der Waals surface area contributed by atoms with E-state index in [0.29, 0.717) is 12.0 Å². The summed E-state index contributed by atoms with van der Waals surface area (Å²) in [5.41, 5.74) is 8.61. The first-order chi connectivity index (χ1) is 19.0. The zero-order chi connectivity index (χ0) is 27.2. The number of aromatic nitrogens is 1. The van der Waals surface area contributed by atoms with Gasteiger partial charge in [-0.15, -0.1) is 0 Å². The molecule has 1 aromatic heterocycles. The number of hydrogen-bond donors (Lipinski definition) is 1. The van der Waals surface area contributed by atoms with Crippen LogP contribution < -0.4 is 14.8 Å². The van der Waals surface area contributed by atoms with Crippen LogP contribution in [0.2, 0.25) is 0 Å². The first-order valence-electron chi connectivity index (χ1n) is 14.9. The molecule has 1 saturated heterocycles. The van der Waals surface area contributed by atoms with Gasteiger partial charge in [-0.25, -0.2) is 0 Å². The minimum Gasteiger partial charge on any atom is -0.496 e. The van der Waals surface area contributed by atoms with E-state index in [-0.39, 0.29) is 0 Å². The molecule has 3 aromatic rings. The molecule has 0 bridgehead atoms. The molecule has 1 N–H and O–H groups in total. The topological polar surface area (TPSA) is 46.6 Å². The van der Waals surface area contributed by atoms with Crippen molar-refractivity contribution in [3.05, 3.63) is 70.9 Å². The third-order valence-corrected chi connectivity index (χ3v) is 8.59. The second kappa shape index (κ2) is 12.9. The first-order valence-corrected chi connectivity index (χ1v) is 14.9. The van der Waals surface area contributed by atoms with Crippen LogP contribution in [-0.2, 0) is 6.54 Å². The fourth-order valence-electron chi connectivity index (χ4n) is 5.84. The van der Waals surface area contributed by atoms with Crippen LogP contribution in [0, 0.1) is 13.8 Å². The average Bonchev–Trinajstić information content (AvgIpc) is 2.92. The summed E-state index contributed by atoms with van der Waals surface area (Å²) in [6.45, 7) is 10.4. The van der Waals surface area contributed by atoms with Crippen molar-refractivity contribution in [1.29, 1.82) is 0 Å². The van der Waals surface area contributed by atoms with Crippen molar-refractivity contribution in [2.24, 2.45) is 0 Å². The van der Waals surface area contributed by atoms with Gasteiger partial charge in [0, 0.05) is 49.2 Å². The quantitative estimate of drug-likeness (QED) is 0.257. The fourth-order valence-corrected chi connectivity index (χ4v) is 5.84. The summed E-state index contributed by atoms with van der Waals surface area (Å²) in [6, 6.07) is 16.0. The van der Waals surface area contributed by atoms with Crippen molar-refractivity contribution < 1.29 is 9.47 Å². The molecule has 39 heavy (non-hydrogen) atoms. The lowest BCUT2D eigenvalue weighted by atomic mass is 9.77. The number of nitrogens with zero attached hydrogens (tertiary/aromatic N) is 2. The predicted molar refractivity (Wildman–Crippen MR) is 161 cm³/mol. The lowest BCUT2D eigenvalue weighted by Gasteiger charge is -2.33. The van der Waals surface area contributed by atoms with Gasteiger partial charge >= 0.3 is 0 Å². The molecule has 2 aromatic carbocycles. The van der Waals surface area contributed by atoms with Crippen molar-refractivity contribution in [2.75, 3.05) is 32.1 Å². The zero-order valence-corrected chi connectivity index (χ0v) is 24.3. The van der Waals surface area contributed by atoms with Gasteiger partial charge in [0.2, 0.25) is 0 Å². The van der Waals surface area contributed by atoms with Crippen LogP contribution in [0.15, 0.2) is 48.7 Å². The smallest absolute Gasteiger partial charge is 0.124 e. The number of ether oxygens (including phenoxy) is 2. The minimum absolute atomic E-state index is 0.491. The number of anilines is 1. The number of methoxy groups -OCH3 is 1. The van der Waals surface area contributed by atoms with E-state index in [1.54, 1.807) is 7.11 Å². The molecule has 2 aliphatic rings.